The number of rotatable bonds is 1. The second-order valence-electron chi connectivity index (χ2n) is 3.67. The summed E-state index contributed by atoms with van der Waals surface area (Å²) in [5, 5.41) is 4.68. The molecule has 0 amide bonds. The van der Waals surface area contributed by atoms with Gasteiger partial charge in [-0.1, -0.05) is 11.6 Å². The molecule has 8 heteroatoms. The third-order valence-corrected chi connectivity index (χ3v) is 3.14. The van der Waals surface area contributed by atoms with E-state index in [0.717, 1.165) is 12.1 Å². The SMILES string of the molecule is Fc1ccc(-n2ncc3c(Cl)nc(Br)nc32)c(F)c1. The first-order valence-corrected chi connectivity index (χ1v) is 6.25. The van der Waals surface area contributed by atoms with Crippen molar-refractivity contribution in [2.75, 3.05) is 0 Å². The van der Waals surface area contributed by atoms with Crippen LogP contribution in [0.2, 0.25) is 5.15 Å². The van der Waals surface area contributed by atoms with Crippen LogP contribution < -0.4 is 0 Å². The van der Waals surface area contributed by atoms with Gasteiger partial charge in [0.15, 0.2) is 16.2 Å². The van der Waals surface area contributed by atoms with E-state index < -0.39 is 11.6 Å². The third kappa shape index (κ3) is 2.08. The topological polar surface area (TPSA) is 43.6 Å². The number of nitrogens with zero attached hydrogens (tertiary/aromatic N) is 4. The van der Waals surface area contributed by atoms with Crippen molar-refractivity contribution in [2.24, 2.45) is 0 Å². The molecule has 0 radical (unpaired) electrons. The fourth-order valence-corrected chi connectivity index (χ4v) is 2.34. The largest absolute Gasteiger partial charge is 0.212 e. The molecule has 19 heavy (non-hydrogen) atoms. The van der Waals surface area contributed by atoms with Crippen LogP contribution in [-0.4, -0.2) is 19.7 Å². The molecule has 96 valence electrons. The minimum absolute atomic E-state index is 0.0815. The van der Waals surface area contributed by atoms with Gasteiger partial charge in [-0.2, -0.15) is 5.10 Å². The maximum absolute atomic E-state index is 13.8. The first-order chi connectivity index (χ1) is 9.06. The van der Waals surface area contributed by atoms with E-state index in [9.17, 15) is 8.78 Å². The molecule has 2 heterocycles. The van der Waals surface area contributed by atoms with E-state index in [0.29, 0.717) is 11.0 Å². The molecule has 1 aromatic carbocycles. The normalized spacial score (nSPS) is 11.2. The zero-order chi connectivity index (χ0) is 13.6. The van der Waals surface area contributed by atoms with Gasteiger partial charge in [0.1, 0.15) is 16.7 Å². The molecule has 0 bridgehead atoms. The molecule has 0 aliphatic carbocycles. The van der Waals surface area contributed by atoms with Gasteiger partial charge in [0, 0.05) is 6.07 Å². The highest BCUT2D eigenvalue weighted by Crippen LogP contribution is 2.25. The maximum atomic E-state index is 13.8. The summed E-state index contributed by atoms with van der Waals surface area (Å²) in [5.74, 6) is -1.40. The van der Waals surface area contributed by atoms with E-state index >= 15 is 0 Å². The zero-order valence-corrected chi connectivity index (χ0v) is 11.5. The predicted octanol–water partition coefficient (Wildman–Crippen LogP) is 3.51. The van der Waals surface area contributed by atoms with Gasteiger partial charge in [-0.15, -0.1) is 0 Å². The Balaban J connectivity index is 2.31. The van der Waals surface area contributed by atoms with Crippen molar-refractivity contribution in [1.29, 1.82) is 0 Å². The van der Waals surface area contributed by atoms with Crippen LogP contribution in [0.3, 0.4) is 0 Å². The maximum Gasteiger partial charge on any atom is 0.200 e. The summed E-state index contributed by atoms with van der Waals surface area (Å²) >= 11 is 9.04. The smallest absolute Gasteiger partial charge is 0.200 e. The standard InChI is InChI=1S/C11H4BrClF2N4/c12-11-17-9(13)6-4-16-19(10(6)18-11)8-2-1-5(14)3-7(8)15/h1-4H. The van der Waals surface area contributed by atoms with Crippen LogP contribution in [0, 0.1) is 11.6 Å². The summed E-state index contributed by atoms with van der Waals surface area (Å²) in [5.41, 5.74) is 0.412. The van der Waals surface area contributed by atoms with Crippen molar-refractivity contribution in [3.05, 3.63) is 45.9 Å². The minimum Gasteiger partial charge on any atom is -0.212 e. The zero-order valence-electron chi connectivity index (χ0n) is 9.11. The summed E-state index contributed by atoms with van der Waals surface area (Å²) in [6.45, 7) is 0. The van der Waals surface area contributed by atoms with Gasteiger partial charge in [-0.25, -0.2) is 23.4 Å². The van der Waals surface area contributed by atoms with Gasteiger partial charge in [0.05, 0.1) is 11.6 Å². The summed E-state index contributed by atoms with van der Waals surface area (Å²) in [6, 6.07) is 3.20. The fourth-order valence-electron chi connectivity index (χ4n) is 1.68. The molecule has 3 rings (SSSR count). The van der Waals surface area contributed by atoms with E-state index in [1.54, 1.807) is 0 Å². The monoisotopic (exact) mass is 344 g/mol. The number of hydrogen-bond donors (Lipinski definition) is 0. The second-order valence-corrected chi connectivity index (χ2v) is 4.74. The molecule has 2 aromatic heterocycles. The van der Waals surface area contributed by atoms with E-state index in [4.69, 9.17) is 11.6 Å². The highest BCUT2D eigenvalue weighted by molar-refractivity contribution is 9.10. The van der Waals surface area contributed by atoms with E-state index in [1.165, 1.54) is 16.9 Å². The summed E-state index contributed by atoms with van der Waals surface area (Å²) in [4.78, 5) is 8.01. The predicted molar refractivity (Wildman–Crippen MR) is 69.3 cm³/mol. The van der Waals surface area contributed by atoms with Crippen molar-refractivity contribution in [2.45, 2.75) is 0 Å². The molecule has 0 unspecified atom stereocenters. The van der Waals surface area contributed by atoms with Gasteiger partial charge in [-0.05, 0) is 28.1 Å². The molecular formula is C11H4BrClF2N4. The Hall–Kier alpha value is -1.60. The van der Waals surface area contributed by atoms with E-state index in [-0.39, 0.29) is 15.6 Å². The molecule has 0 saturated carbocycles. The lowest BCUT2D eigenvalue weighted by molar-refractivity contribution is 0.574. The number of fused-ring (bicyclic) bond motifs is 1. The van der Waals surface area contributed by atoms with Crippen LogP contribution >= 0.6 is 27.5 Å². The molecule has 0 saturated heterocycles. The van der Waals surface area contributed by atoms with Crippen molar-refractivity contribution in [1.82, 2.24) is 19.7 Å². The van der Waals surface area contributed by atoms with Crippen molar-refractivity contribution in [3.8, 4) is 5.69 Å². The number of aromatic nitrogens is 4. The van der Waals surface area contributed by atoms with Crippen LogP contribution in [0.25, 0.3) is 16.7 Å². The molecule has 0 spiro atoms. The molecule has 0 fully saturated rings. The number of halogens is 4. The fraction of sp³-hybridized carbons (Fsp3) is 0. The first-order valence-electron chi connectivity index (χ1n) is 5.08. The average molecular weight is 346 g/mol. The Morgan fingerprint density at radius 1 is 1.21 bits per heavy atom. The van der Waals surface area contributed by atoms with Crippen LogP contribution in [0.4, 0.5) is 8.78 Å². The highest BCUT2D eigenvalue weighted by Gasteiger charge is 2.14. The molecule has 0 atom stereocenters. The average Bonchev–Trinajstić information content (AvgIpc) is 2.73. The van der Waals surface area contributed by atoms with Gasteiger partial charge in [0.2, 0.25) is 0 Å². The molecule has 0 aliphatic heterocycles. The van der Waals surface area contributed by atoms with Crippen molar-refractivity contribution >= 4 is 38.6 Å². The summed E-state index contributed by atoms with van der Waals surface area (Å²) in [6.07, 6.45) is 1.42. The van der Waals surface area contributed by atoms with Gasteiger partial charge in [-0.3, -0.25) is 0 Å². The Bertz CT molecular complexity index is 790. The van der Waals surface area contributed by atoms with Crippen LogP contribution in [0.15, 0.2) is 29.1 Å². The van der Waals surface area contributed by atoms with Gasteiger partial charge in [0.25, 0.3) is 0 Å². The molecule has 0 N–H and O–H groups in total. The van der Waals surface area contributed by atoms with Crippen LogP contribution in [0.1, 0.15) is 0 Å². The Morgan fingerprint density at radius 3 is 2.74 bits per heavy atom. The lowest BCUT2D eigenvalue weighted by Crippen LogP contribution is -2.01. The summed E-state index contributed by atoms with van der Waals surface area (Å²) in [7, 11) is 0. The van der Waals surface area contributed by atoms with Gasteiger partial charge < -0.3 is 0 Å². The Labute approximate surface area is 119 Å². The van der Waals surface area contributed by atoms with Crippen LogP contribution in [-0.2, 0) is 0 Å². The summed E-state index contributed by atoms with van der Waals surface area (Å²) < 4.78 is 28.2. The van der Waals surface area contributed by atoms with Crippen molar-refractivity contribution in [3.63, 3.8) is 0 Å². The minimum atomic E-state index is -0.740. The van der Waals surface area contributed by atoms with E-state index in [2.05, 4.69) is 31.0 Å². The number of benzene rings is 1. The van der Waals surface area contributed by atoms with Crippen molar-refractivity contribution < 1.29 is 8.78 Å². The molecular weight excluding hydrogens is 342 g/mol. The van der Waals surface area contributed by atoms with Crippen LogP contribution in [0.5, 0.6) is 0 Å². The lowest BCUT2D eigenvalue weighted by Gasteiger charge is -2.04. The Kier molecular flexibility index (Phi) is 2.94. The molecule has 4 nitrogen and oxygen atoms in total. The quantitative estimate of drug-likeness (QED) is 0.501. The Morgan fingerprint density at radius 2 is 2.00 bits per heavy atom. The van der Waals surface area contributed by atoms with Gasteiger partial charge >= 0.3 is 0 Å². The number of hydrogen-bond acceptors (Lipinski definition) is 3. The third-order valence-electron chi connectivity index (χ3n) is 2.49. The van der Waals surface area contributed by atoms with E-state index in [1.807, 2.05) is 0 Å². The first kappa shape index (κ1) is 12.4. The second kappa shape index (κ2) is 4.50. The molecule has 3 aromatic rings. The lowest BCUT2D eigenvalue weighted by atomic mass is 10.3. The highest BCUT2D eigenvalue weighted by atomic mass is 79.9. The molecule has 0 aliphatic rings.